The number of aromatic nitrogens is 2. The van der Waals surface area contributed by atoms with Gasteiger partial charge in [0.2, 0.25) is 12.7 Å². The van der Waals surface area contributed by atoms with Gasteiger partial charge in [0.1, 0.15) is 23.5 Å². The first-order valence-corrected chi connectivity index (χ1v) is 11.3. The Labute approximate surface area is 196 Å². The quantitative estimate of drug-likeness (QED) is 0.587. The number of amides is 2. The summed E-state index contributed by atoms with van der Waals surface area (Å²) in [5, 5.41) is 7.14. The van der Waals surface area contributed by atoms with Crippen LogP contribution in [0.3, 0.4) is 0 Å². The zero-order chi connectivity index (χ0) is 23.4. The number of nitrogens with one attached hydrogen (secondary N) is 1. The van der Waals surface area contributed by atoms with E-state index in [0.29, 0.717) is 42.5 Å². The smallest absolute Gasteiger partial charge is 0.269 e. The van der Waals surface area contributed by atoms with Crippen molar-refractivity contribution < 1.29 is 23.8 Å². The average molecular weight is 460 g/mol. The van der Waals surface area contributed by atoms with E-state index in [4.69, 9.17) is 14.2 Å². The minimum atomic E-state index is -0.914. The third-order valence-electron chi connectivity index (χ3n) is 6.72. The number of para-hydroxylation sites is 1. The predicted molar refractivity (Wildman–Crippen MR) is 123 cm³/mol. The largest absolute Gasteiger partial charge is 0.491 e. The third-order valence-corrected chi connectivity index (χ3v) is 6.72. The molecule has 0 bridgehead atoms. The van der Waals surface area contributed by atoms with Crippen LogP contribution in [0.1, 0.15) is 33.7 Å². The SMILES string of the molecule is Cc1cc(C(=O)NCCCN2C(=O)C3(COc4cc5c(cc43)OCO5)c3ccccc32)n(C)n1. The molecule has 0 saturated carbocycles. The zero-order valence-electron chi connectivity index (χ0n) is 19.0. The van der Waals surface area contributed by atoms with Crippen LogP contribution >= 0.6 is 0 Å². The van der Waals surface area contributed by atoms with Gasteiger partial charge in [-0.25, -0.2) is 0 Å². The van der Waals surface area contributed by atoms with Crippen molar-refractivity contribution in [2.75, 3.05) is 31.4 Å². The third kappa shape index (κ3) is 2.89. The maximum atomic E-state index is 13.9. The second-order valence-electron chi connectivity index (χ2n) is 8.77. The van der Waals surface area contributed by atoms with E-state index in [-0.39, 0.29) is 25.2 Å². The van der Waals surface area contributed by atoms with Crippen molar-refractivity contribution in [1.29, 1.82) is 0 Å². The molecule has 9 heteroatoms. The number of aryl methyl sites for hydroxylation is 2. The van der Waals surface area contributed by atoms with Gasteiger partial charge in [0, 0.05) is 37.5 Å². The maximum Gasteiger partial charge on any atom is 0.269 e. The predicted octanol–water partition coefficient (Wildman–Crippen LogP) is 2.30. The van der Waals surface area contributed by atoms with Crippen LogP contribution < -0.4 is 24.4 Å². The molecule has 3 aliphatic rings. The van der Waals surface area contributed by atoms with Gasteiger partial charge in [0.15, 0.2) is 11.5 Å². The molecule has 1 atom stereocenters. The highest BCUT2D eigenvalue weighted by Gasteiger charge is 2.57. The molecule has 1 N–H and O–H groups in total. The molecule has 1 unspecified atom stereocenters. The minimum Gasteiger partial charge on any atom is -0.491 e. The van der Waals surface area contributed by atoms with E-state index < -0.39 is 5.41 Å². The Bertz CT molecular complexity index is 1330. The van der Waals surface area contributed by atoms with Crippen LogP contribution in [-0.4, -0.2) is 48.1 Å². The standard InChI is InChI=1S/C25H24N4O5/c1-15-10-19(28(2)27-15)23(30)26-8-5-9-29-18-7-4-3-6-16(18)25(24(29)31)13-32-20-12-22-21(11-17(20)25)33-14-34-22/h3-4,6-7,10-12H,5,8-9,13-14H2,1-2H3,(H,26,30). The van der Waals surface area contributed by atoms with Gasteiger partial charge in [-0.3, -0.25) is 14.3 Å². The lowest BCUT2D eigenvalue weighted by atomic mass is 9.77. The summed E-state index contributed by atoms with van der Waals surface area (Å²) in [5.74, 6) is 1.70. The van der Waals surface area contributed by atoms with Crippen molar-refractivity contribution in [3.8, 4) is 17.2 Å². The van der Waals surface area contributed by atoms with Gasteiger partial charge in [0.05, 0.1) is 5.69 Å². The van der Waals surface area contributed by atoms with Crippen molar-refractivity contribution in [2.45, 2.75) is 18.8 Å². The van der Waals surface area contributed by atoms with Gasteiger partial charge in [-0.2, -0.15) is 5.10 Å². The Balaban J connectivity index is 1.23. The van der Waals surface area contributed by atoms with Crippen molar-refractivity contribution in [3.63, 3.8) is 0 Å². The number of hydrogen-bond acceptors (Lipinski definition) is 6. The molecule has 1 spiro atoms. The highest BCUT2D eigenvalue weighted by molar-refractivity contribution is 6.11. The molecule has 0 saturated heterocycles. The molecular formula is C25H24N4O5. The number of hydrogen-bond donors (Lipinski definition) is 1. The van der Waals surface area contributed by atoms with E-state index in [1.165, 1.54) is 0 Å². The fraction of sp³-hybridized carbons (Fsp3) is 0.320. The first kappa shape index (κ1) is 20.6. The highest BCUT2D eigenvalue weighted by Crippen LogP contribution is 2.54. The van der Waals surface area contributed by atoms with E-state index in [1.54, 1.807) is 28.8 Å². The molecule has 0 aliphatic carbocycles. The average Bonchev–Trinajstić information content (AvgIpc) is 3.57. The summed E-state index contributed by atoms with van der Waals surface area (Å²) in [6, 6.07) is 13.3. The maximum absolute atomic E-state index is 13.9. The number of benzene rings is 2. The van der Waals surface area contributed by atoms with Crippen molar-refractivity contribution in [1.82, 2.24) is 15.1 Å². The molecule has 2 aromatic carbocycles. The van der Waals surface area contributed by atoms with Crippen LogP contribution in [0, 0.1) is 6.92 Å². The van der Waals surface area contributed by atoms with Gasteiger partial charge in [-0.05, 0) is 37.1 Å². The summed E-state index contributed by atoms with van der Waals surface area (Å²) in [4.78, 5) is 28.2. The number of carbonyl (C=O) groups is 2. The molecule has 4 heterocycles. The molecule has 0 fully saturated rings. The first-order valence-electron chi connectivity index (χ1n) is 11.3. The summed E-state index contributed by atoms with van der Waals surface area (Å²) in [6.07, 6.45) is 0.605. The number of anilines is 1. The highest BCUT2D eigenvalue weighted by atomic mass is 16.7. The molecule has 3 aliphatic heterocycles. The lowest BCUT2D eigenvalue weighted by Crippen LogP contribution is -2.43. The van der Waals surface area contributed by atoms with Gasteiger partial charge < -0.3 is 24.4 Å². The van der Waals surface area contributed by atoms with Crippen LogP contribution in [0.4, 0.5) is 5.69 Å². The van der Waals surface area contributed by atoms with Crippen LogP contribution in [-0.2, 0) is 17.3 Å². The second-order valence-corrected chi connectivity index (χ2v) is 8.77. The summed E-state index contributed by atoms with van der Waals surface area (Å²) in [5.41, 5.74) is 2.98. The molecular weight excluding hydrogens is 436 g/mol. The van der Waals surface area contributed by atoms with Gasteiger partial charge in [-0.15, -0.1) is 0 Å². The van der Waals surface area contributed by atoms with E-state index in [0.717, 1.165) is 22.5 Å². The second kappa shape index (κ2) is 7.51. The lowest BCUT2D eigenvalue weighted by molar-refractivity contribution is -0.122. The fourth-order valence-corrected chi connectivity index (χ4v) is 5.14. The van der Waals surface area contributed by atoms with Crippen molar-refractivity contribution >= 4 is 17.5 Å². The molecule has 9 nitrogen and oxygen atoms in total. The number of rotatable bonds is 5. The first-order chi connectivity index (χ1) is 16.5. The van der Waals surface area contributed by atoms with Crippen LogP contribution in [0.25, 0.3) is 0 Å². The number of nitrogens with zero attached hydrogens (tertiary/aromatic N) is 3. The van der Waals surface area contributed by atoms with Crippen LogP contribution in [0.2, 0.25) is 0 Å². The molecule has 3 aromatic rings. The normalized spacial score (nSPS) is 19.4. The summed E-state index contributed by atoms with van der Waals surface area (Å²) < 4.78 is 18.6. The van der Waals surface area contributed by atoms with Gasteiger partial charge >= 0.3 is 0 Å². The Morgan fingerprint density at radius 2 is 1.88 bits per heavy atom. The van der Waals surface area contributed by atoms with Crippen LogP contribution in [0.15, 0.2) is 42.5 Å². The molecule has 34 heavy (non-hydrogen) atoms. The topological polar surface area (TPSA) is 94.9 Å². The summed E-state index contributed by atoms with van der Waals surface area (Å²) >= 11 is 0. The van der Waals surface area contributed by atoms with E-state index in [1.807, 2.05) is 37.3 Å². The van der Waals surface area contributed by atoms with Gasteiger partial charge in [0.25, 0.3) is 5.91 Å². The molecule has 2 amide bonds. The van der Waals surface area contributed by atoms with E-state index in [9.17, 15) is 9.59 Å². The Morgan fingerprint density at radius 3 is 2.68 bits per heavy atom. The van der Waals surface area contributed by atoms with Crippen molar-refractivity contribution in [2.24, 2.45) is 7.05 Å². The molecule has 6 rings (SSSR count). The number of carbonyl (C=O) groups excluding carboxylic acids is 2. The van der Waals surface area contributed by atoms with E-state index >= 15 is 0 Å². The molecule has 174 valence electrons. The number of fused-ring (bicyclic) bond motifs is 5. The Morgan fingerprint density at radius 1 is 1.09 bits per heavy atom. The van der Waals surface area contributed by atoms with Gasteiger partial charge in [-0.1, -0.05) is 18.2 Å². The zero-order valence-corrected chi connectivity index (χ0v) is 19.0. The Kier molecular flexibility index (Phi) is 4.55. The molecule has 0 radical (unpaired) electrons. The fourth-order valence-electron chi connectivity index (χ4n) is 5.14. The monoisotopic (exact) mass is 460 g/mol. The summed E-state index contributed by atoms with van der Waals surface area (Å²) in [7, 11) is 1.75. The Hall–Kier alpha value is -4.01. The molecule has 1 aromatic heterocycles. The lowest BCUT2D eigenvalue weighted by Gasteiger charge is -2.23. The number of ether oxygens (including phenoxy) is 3. The van der Waals surface area contributed by atoms with Crippen molar-refractivity contribution in [3.05, 3.63) is 65.0 Å². The minimum absolute atomic E-state index is 0.0279. The van der Waals surface area contributed by atoms with E-state index in [2.05, 4.69) is 10.4 Å². The summed E-state index contributed by atoms with van der Waals surface area (Å²) in [6.45, 7) is 3.15. The van der Waals surface area contributed by atoms with Crippen LogP contribution in [0.5, 0.6) is 17.2 Å².